The highest BCUT2D eigenvalue weighted by molar-refractivity contribution is 7.99. The summed E-state index contributed by atoms with van der Waals surface area (Å²) in [5.41, 5.74) is 1.35. The zero-order valence-corrected chi connectivity index (χ0v) is 24.3. The molecule has 4 rings (SSSR count). The molecule has 0 saturated carbocycles. The van der Waals surface area contributed by atoms with Gasteiger partial charge in [-0.15, -0.1) is 10.2 Å². The molecular weight excluding hydrogens is 528 g/mol. The third-order valence-electron chi connectivity index (χ3n) is 6.75. The van der Waals surface area contributed by atoms with Crippen molar-refractivity contribution in [2.45, 2.75) is 50.1 Å². The summed E-state index contributed by atoms with van der Waals surface area (Å²) in [7, 11) is 6.80. The van der Waals surface area contributed by atoms with Crippen LogP contribution in [-0.2, 0) is 25.3 Å². The first-order chi connectivity index (χ1) is 19.4. The SMILES string of the molecule is COc1ccc(NC(=O)CCCCCCCSc2nnc(Cc3nn(C)c(=O)c4ccccc34)n2C)c(OC)c1. The second-order valence-electron chi connectivity index (χ2n) is 9.54. The summed E-state index contributed by atoms with van der Waals surface area (Å²) in [5, 5.41) is 18.5. The Morgan fingerprint density at radius 3 is 2.48 bits per heavy atom. The maximum absolute atomic E-state index is 12.4. The van der Waals surface area contributed by atoms with Gasteiger partial charge in [0.15, 0.2) is 5.16 Å². The van der Waals surface area contributed by atoms with Crippen molar-refractivity contribution >= 4 is 34.1 Å². The minimum atomic E-state index is -0.106. The van der Waals surface area contributed by atoms with E-state index in [1.807, 2.05) is 35.9 Å². The highest BCUT2D eigenvalue weighted by Gasteiger charge is 2.15. The van der Waals surface area contributed by atoms with Crippen LogP contribution in [0.5, 0.6) is 11.5 Å². The molecule has 0 saturated heterocycles. The molecule has 0 atom stereocenters. The summed E-state index contributed by atoms with van der Waals surface area (Å²) >= 11 is 1.69. The van der Waals surface area contributed by atoms with Gasteiger partial charge in [-0.3, -0.25) is 9.59 Å². The predicted octanol–water partition coefficient (Wildman–Crippen LogP) is 4.74. The van der Waals surface area contributed by atoms with Crippen LogP contribution in [0.3, 0.4) is 0 Å². The molecule has 0 radical (unpaired) electrons. The van der Waals surface area contributed by atoms with Gasteiger partial charge < -0.3 is 19.4 Å². The van der Waals surface area contributed by atoms with Gasteiger partial charge in [-0.1, -0.05) is 49.2 Å². The molecule has 0 aliphatic heterocycles. The number of unbranched alkanes of at least 4 members (excludes halogenated alkanes) is 4. The Hall–Kier alpha value is -3.86. The number of carbonyl (C=O) groups is 1. The Labute approximate surface area is 238 Å². The first-order valence-corrected chi connectivity index (χ1v) is 14.4. The van der Waals surface area contributed by atoms with Gasteiger partial charge in [-0.2, -0.15) is 5.10 Å². The number of benzene rings is 2. The van der Waals surface area contributed by atoms with Crippen molar-refractivity contribution in [3.8, 4) is 11.5 Å². The zero-order valence-electron chi connectivity index (χ0n) is 23.5. The van der Waals surface area contributed by atoms with Crippen molar-refractivity contribution in [1.82, 2.24) is 24.5 Å². The molecule has 40 heavy (non-hydrogen) atoms. The minimum Gasteiger partial charge on any atom is -0.497 e. The number of methoxy groups -OCH3 is 2. The molecular formula is C29H36N6O4S. The van der Waals surface area contributed by atoms with E-state index in [0.717, 1.165) is 59.9 Å². The van der Waals surface area contributed by atoms with Crippen molar-refractivity contribution in [3.63, 3.8) is 0 Å². The Morgan fingerprint density at radius 1 is 0.950 bits per heavy atom. The van der Waals surface area contributed by atoms with Crippen LogP contribution >= 0.6 is 11.8 Å². The van der Waals surface area contributed by atoms with E-state index in [4.69, 9.17) is 9.47 Å². The van der Waals surface area contributed by atoms with Crippen molar-refractivity contribution in [2.75, 3.05) is 25.3 Å². The predicted molar refractivity (Wildman–Crippen MR) is 157 cm³/mol. The van der Waals surface area contributed by atoms with E-state index in [9.17, 15) is 9.59 Å². The van der Waals surface area contributed by atoms with Crippen LogP contribution in [0.25, 0.3) is 10.8 Å². The van der Waals surface area contributed by atoms with Crippen molar-refractivity contribution < 1.29 is 14.3 Å². The molecule has 4 aromatic rings. The second-order valence-corrected chi connectivity index (χ2v) is 10.6. The number of ether oxygens (including phenoxy) is 2. The fourth-order valence-electron chi connectivity index (χ4n) is 4.48. The van der Waals surface area contributed by atoms with Crippen molar-refractivity contribution in [1.29, 1.82) is 0 Å². The number of aromatic nitrogens is 5. The maximum Gasteiger partial charge on any atom is 0.274 e. The van der Waals surface area contributed by atoms with Gasteiger partial charge in [0.25, 0.3) is 5.56 Å². The lowest BCUT2D eigenvalue weighted by atomic mass is 10.1. The number of hydrogen-bond donors (Lipinski definition) is 1. The molecule has 2 heterocycles. The van der Waals surface area contributed by atoms with Gasteiger partial charge in [0, 0.05) is 37.7 Å². The average molecular weight is 565 g/mol. The normalized spacial score (nSPS) is 11.1. The zero-order chi connectivity index (χ0) is 28.5. The molecule has 0 fully saturated rings. The molecule has 10 nitrogen and oxygen atoms in total. The number of rotatable bonds is 14. The third-order valence-corrected chi connectivity index (χ3v) is 7.85. The molecule has 1 amide bonds. The lowest BCUT2D eigenvalue weighted by Gasteiger charge is -2.11. The lowest BCUT2D eigenvalue weighted by molar-refractivity contribution is -0.116. The van der Waals surface area contributed by atoms with E-state index in [0.29, 0.717) is 35.4 Å². The molecule has 0 aliphatic rings. The third kappa shape index (κ3) is 7.20. The van der Waals surface area contributed by atoms with Gasteiger partial charge >= 0.3 is 0 Å². The van der Waals surface area contributed by atoms with Crippen LogP contribution in [-0.4, -0.2) is 50.4 Å². The number of carbonyl (C=O) groups excluding carboxylic acids is 1. The number of thioether (sulfide) groups is 1. The van der Waals surface area contributed by atoms with E-state index in [1.165, 1.54) is 4.68 Å². The van der Waals surface area contributed by atoms with Crippen LogP contribution in [0.1, 0.15) is 50.0 Å². The topological polar surface area (TPSA) is 113 Å². The maximum atomic E-state index is 12.4. The van der Waals surface area contributed by atoms with Crippen LogP contribution in [0.15, 0.2) is 52.4 Å². The molecule has 1 N–H and O–H groups in total. The molecule has 0 unspecified atom stereocenters. The van der Waals surface area contributed by atoms with Gasteiger partial charge in [0.1, 0.15) is 17.3 Å². The molecule has 11 heteroatoms. The minimum absolute atomic E-state index is 0.0157. The largest absolute Gasteiger partial charge is 0.497 e. The highest BCUT2D eigenvalue weighted by Crippen LogP contribution is 2.29. The summed E-state index contributed by atoms with van der Waals surface area (Å²) in [6.45, 7) is 0. The second kappa shape index (κ2) is 14.0. The number of amides is 1. The average Bonchev–Trinajstić information content (AvgIpc) is 3.31. The van der Waals surface area contributed by atoms with Gasteiger partial charge in [-0.25, -0.2) is 4.68 Å². The monoisotopic (exact) mass is 564 g/mol. The molecule has 0 aliphatic carbocycles. The summed E-state index contributed by atoms with van der Waals surface area (Å²) in [4.78, 5) is 24.7. The first-order valence-electron chi connectivity index (χ1n) is 13.4. The fourth-order valence-corrected chi connectivity index (χ4v) is 5.41. The van der Waals surface area contributed by atoms with Crippen molar-refractivity contribution in [2.24, 2.45) is 14.1 Å². The number of hydrogen-bond acceptors (Lipinski definition) is 8. The van der Waals surface area contributed by atoms with E-state index in [1.54, 1.807) is 51.2 Å². The van der Waals surface area contributed by atoms with Crippen LogP contribution in [0.4, 0.5) is 5.69 Å². The number of nitrogens with one attached hydrogen (secondary N) is 1. The Bertz CT molecular complexity index is 1520. The summed E-state index contributed by atoms with van der Waals surface area (Å²) in [6, 6.07) is 12.9. The Morgan fingerprint density at radius 2 is 1.70 bits per heavy atom. The fraction of sp³-hybridized carbons (Fsp3) is 0.414. The van der Waals surface area contributed by atoms with E-state index >= 15 is 0 Å². The quantitative estimate of drug-likeness (QED) is 0.173. The Balaban J connectivity index is 1.16. The summed E-state index contributed by atoms with van der Waals surface area (Å²) in [5.74, 6) is 3.00. The van der Waals surface area contributed by atoms with E-state index < -0.39 is 0 Å². The number of nitrogens with zero attached hydrogens (tertiary/aromatic N) is 5. The van der Waals surface area contributed by atoms with Gasteiger partial charge in [0.2, 0.25) is 5.91 Å². The van der Waals surface area contributed by atoms with Crippen LogP contribution in [0.2, 0.25) is 0 Å². The molecule has 2 aromatic heterocycles. The number of anilines is 1. The molecule has 212 valence electrons. The van der Waals surface area contributed by atoms with E-state index in [-0.39, 0.29) is 11.5 Å². The molecule has 0 spiro atoms. The van der Waals surface area contributed by atoms with Gasteiger partial charge in [-0.05, 0) is 31.0 Å². The van der Waals surface area contributed by atoms with Gasteiger partial charge in [0.05, 0.1) is 37.4 Å². The standard InChI is InChI=1S/C29H36N6O4S/c1-34-26(19-24-21-12-9-10-13-22(21)28(37)35(2)33-24)31-32-29(34)40-17-11-7-5-6-8-14-27(36)30-23-16-15-20(38-3)18-25(23)39-4/h9-10,12-13,15-16,18H,5-8,11,14,17,19H2,1-4H3,(H,30,36). The highest BCUT2D eigenvalue weighted by atomic mass is 32.2. The summed E-state index contributed by atoms with van der Waals surface area (Å²) in [6.07, 6.45) is 6.07. The Kier molecular flexibility index (Phi) is 10.2. The van der Waals surface area contributed by atoms with Crippen molar-refractivity contribution in [3.05, 3.63) is 64.3 Å². The van der Waals surface area contributed by atoms with Crippen LogP contribution < -0.4 is 20.3 Å². The number of fused-ring (bicyclic) bond motifs is 1. The first kappa shape index (κ1) is 29.1. The molecule has 2 aromatic carbocycles. The molecule has 0 bridgehead atoms. The van der Waals surface area contributed by atoms with Crippen LogP contribution in [0, 0.1) is 0 Å². The smallest absolute Gasteiger partial charge is 0.274 e. The van der Waals surface area contributed by atoms with E-state index in [2.05, 4.69) is 20.6 Å². The summed E-state index contributed by atoms with van der Waals surface area (Å²) < 4.78 is 13.9. The lowest BCUT2D eigenvalue weighted by Crippen LogP contribution is -2.21. The number of aryl methyl sites for hydroxylation is 1.